The van der Waals surface area contributed by atoms with Gasteiger partial charge in [-0.15, -0.1) is 6.58 Å². The van der Waals surface area contributed by atoms with Crippen LogP contribution < -0.4 is 18.9 Å². The summed E-state index contributed by atoms with van der Waals surface area (Å²) in [4.78, 5) is 39.1. The molecule has 15 heteroatoms. The minimum Gasteiger partial charge on any atom is -0.487 e. The van der Waals surface area contributed by atoms with Crippen molar-refractivity contribution in [2.45, 2.75) is 109 Å². The Labute approximate surface area is 409 Å². The second kappa shape index (κ2) is 22.0. The van der Waals surface area contributed by atoms with E-state index in [0.29, 0.717) is 47.1 Å². The van der Waals surface area contributed by atoms with Gasteiger partial charge in [-0.2, -0.15) is 0 Å². The molecular formula is C55H64N4O11. The van der Waals surface area contributed by atoms with Crippen LogP contribution in [0.4, 0.5) is 5.69 Å². The summed E-state index contributed by atoms with van der Waals surface area (Å²) in [6.07, 6.45) is 11.7. The molecule has 4 aliphatic rings. The maximum absolute atomic E-state index is 15.3. The molecule has 0 bridgehead atoms. The van der Waals surface area contributed by atoms with Gasteiger partial charge < -0.3 is 43.6 Å². The third-order valence-electron chi connectivity index (χ3n) is 13.4. The number of carbonyl (C=O) groups is 1. The Morgan fingerprint density at radius 2 is 1.74 bits per heavy atom. The van der Waals surface area contributed by atoms with Gasteiger partial charge in [-0.25, -0.2) is 0 Å². The van der Waals surface area contributed by atoms with Crippen molar-refractivity contribution in [3.8, 4) is 23.0 Å². The number of amides is 1. The lowest BCUT2D eigenvalue weighted by Crippen LogP contribution is -2.70. The predicted octanol–water partition coefficient (Wildman–Crippen LogP) is 9.78. The number of benzene rings is 3. The summed E-state index contributed by atoms with van der Waals surface area (Å²) in [7, 11) is 0. The van der Waals surface area contributed by atoms with Crippen molar-refractivity contribution in [2.75, 3.05) is 26.6 Å². The number of hydrogen-bond donors (Lipinski definition) is 2. The first-order chi connectivity index (χ1) is 33.8. The molecule has 6 unspecified atom stereocenters. The number of unbranched alkanes of at least 4 members (excludes halogenated alkanes) is 2. The van der Waals surface area contributed by atoms with Crippen LogP contribution in [0, 0.1) is 34.8 Å². The highest BCUT2D eigenvalue weighted by molar-refractivity contribution is 6.03. The second-order valence-corrected chi connectivity index (χ2v) is 19.4. The van der Waals surface area contributed by atoms with E-state index in [4.69, 9.17) is 33.7 Å². The molecule has 1 fully saturated rings. The molecule has 2 N–H and O–H groups in total. The van der Waals surface area contributed by atoms with E-state index in [9.17, 15) is 20.3 Å². The van der Waals surface area contributed by atoms with E-state index in [1.165, 1.54) is 18.2 Å². The van der Waals surface area contributed by atoms with E-state index >= 15 is 4.79 Å². The zero-order valence-electron chi connectivity index (χ0n) is 40.5. The number of hydrogen-bond acceptors (Lipinski definition) is 13. The first-order valence-electron chi connectivity index (χ1n) is 24.2. The Hall–Kier alpha value is -6.55. The van der Waals surface area contributed by atoms with E-state index in [0.717, 1.165) is 53.8 Å². The topological polar surface area (TPSA) is 185 Å². The number of nitro benzene ring substituents is 1. The van der Waals surface area contributed by atoms with Crippen molar-refractivity contribution in [2.24, 2.45) is 22.9 Å². The number of nitro groups is 1. The molecule has 0 saturated heterocycles. The average molecular weight is 957 g/mol. The Kier molecular flexibility index (Phi) is 15.7. The second-order valence-electron chi connectivity index (χ2n) is 19.4. The van der Waals surface area contributed by atoms with Gasteiger partial charge in [-0.05, 0) is 143 Å². The number of aliphatic hydroxyl groups excluding tert-OH is 2. The summed E-state index contributed by atoms with van der Waals surface area (Å²) < 4.78 is 32.6. The number of carbonyl (C=O) groups excluding carboxylic acids is 1. The Bertz CT molecular complexity index is 2610. The number of aliphatic hydroxyl groups is 2. The number of pyridine rings is 1. The fourth-order valence-corrected chi connectivity index (χ4v) is 10.3. The van der Waals surface area contributed by atoms with Crippen molar-refractivity contribution in [1.29, 1.82) is 0 Å². The maximum Gasteiger partial charge on any atom is 0.269 e. The number of ether oxygens (including phenoxy) is 5. The Balaban J connectivity index is 1.33. The lowest BCUT2D eigenvalue weighted by atomic mass is 9.55. The molecule has 6 atom stereocenters. The van der Waals surface area contributed by atoms with Gasteiger partial charge in [0.25, 0.3) is 5.69 Å². The predicted molar refractivity (Wildman–Crippen MR) is 264 cm³/mol. The van der Waals surface area contributed by atoms with Gasteiger partial charge in [-0.1, -0.05) is 42.3 Å². The van der Waals surface area contributed by atoms with Crippen LogP contribution in [-0.2, 0) is 27.5 Å². The van der Waals surface area contributed by atoms with Crippen molar-refractivity contribution < 1.29 is 48.5 Å². The van der Waals surface area contributed by atoms with Gasteiger partial charge in [0.2, 0.25) is 18.5 Å². The molecule has 1 amide bonds. The number of allylic oxidation sites excluding steroid dienone is 1. The number of rotatable bonds is 21. The van der Waals surface area contributed by atoms with Gasteiger partial charge >= 0.3 is 0 Å². The van der Waals surface area contributed by atoms with Crippen molar-refractivity contribution >= 4 is 23.4 Å². The standard InChI is InChI=1S/C55H64N4O11/c1-6-28-68-55-50(58(33-38-18-23-48-49(29-38)67-35-66-48)51(62)25-19-37-16-20-41(21-17-37)59(63)64)32-46(57-70-54(3,4)5)44-30-39(13-7-9-26-60)43(15-8-10-27-61)52(53(44)55)45-31-42(22-24-47(45)69-55)65-34-40-14-11-12-36(2)56-40/h6,11-12,14,16-25,29-31,39,43,50,52-53,60-61H,1,7-10,13,15,26-28,32-35H2,2-5H3. The molecule has 1 saturated carbocycles. The van der Waals surface area contributed by atoms with Crippen LogP contribution in [0.5, 0.6) is 23.0 Å². The molecule has 1 aromatic heterocycles. The fraction of sp³-hybridized carbons (Fsp3) is 0.436. The van der Waals surface area contributed by atoms with Crippen LogP contribution in [0.25, 0.3) is 6.08 Å². The number of aromatic nitrogens is 1. The highest BCUT2D eigenvalue weighted by Crippen LogP contribution is 2.62. The lowest BCUT2D eigenvalue weighted by molar-refractivity contribution is -0.384. The molecule has 70 heavy (non-hydrogen) atoms. The van der Waals surface area contributed by atoms with Crippen LogP contribution in [0.3, 0.4) is 0 Å². The summed E-state index contributed by atoms with van der Waals surface area (Å²) in [5, 5.41) is 36.5. The van der Waals surface area contributed by atoms with E-state index in [1.807, 2.05) is 76.2 Å². The van der Waals surface area contributed by atoms with Gasteiger partial charge in [0.05, 0.1) is 28.9 Å². The molecule has 3 heterocycles. The molecule has 0 spiro atoms. The Morgan fingerprint density at radius 1 is 0.986 bits per heavy atom. The number of non-ortho nitro benzene ring substituents is 1. The zero-order valence-corrected chi connectivity index (χ0v) is 40.5. The highest BCUT2D eigenvalue weighted by Gasteiger charge is 2.65. The van der Waals surface area contributed by atoms with Crippen molar-refractivity contribution in [3.05, 3.63) is 147 Å². The smallest absolute Gasteiger partial charge is 0.269 e. The molecular weight excluding hydrogens is 893 g/mol. The van der Waals surface area contributed by atoms with E-state index < -0.39 is 28.3 Å². The Morgan fingerprint density at radius 3 is 2.47 bits per heavy atom. The monoisotopic (exact) mass is 956 g/mol. The first-order valence-corrected chi connectivity index (χ1v) is 24.2. The average Bonchev–Trinajstić information content (AvgIpc) is 3.82. The van der Waals surface area contributed by atoms with Crippen LogP contribution in [0.1, 0.15) is 99.7 Å². The van der Waals surface area contributed by atoms with Crippen LogP contribution in [-0.4, -0.2) is 80.7 Å². The minimum atomic E-state index is -1.54. The quantitative estimate of drug-likeness (QED) is 0.0265. The van der Waals surface area contributed by atoms with Crippen molar-refractivity contribution in [3.63, 3.8) is 0 Å². The number of fused-ring (bicyclic) bond motifs is 3. The molecule has 2 aliphatic heterocycles. The van der Waals surface area contributed by atoms with Crippen LogP contribution in [0.2, 0.25) is 0 Å². The summed E-state index contributed by atoms with van der Waals surface area (Å²) in [6, 6.07) is 22.5. The van der Waals surface area contributed by atoms with Gasteiger partial charge in [-0.3, -0.25) is 19.9 Å². The van der Waals surface area contributed by atoms with E-state index in [-0.39, 0.29) is 75.5 Å². The van der Waals surface area contributed by atoms with E-state index in [1.54, 1.807) is 29.2 Å². The SMILES string of the molecule is C=CCOC12Oc3ccc(OCc4cccc(C)n4)cc3C3C(CCCCO)C(CCCCO)C=C(C(=NOC(C)(C)C)CC1N(Cc1ccc4c(c1)OCO4)C(=O)C=Cc1ccc([N+](=O)[O-])cc1)C32. The summed E-state index contributed by atoms with van der Waals surface area (Å²) in [6.45, 7) is 12.5. The first kappa shape index (κ1) is 49.9. The third kappa shape index (κ3) is 11.2. The van der Waals surface area contributed by atoms with Gasteiger partial charge in [0.15, 0.2) is 11.5 Å². The summed E-state index contributed by atoms with van der Waals surface area (Å²) >= 11 is 0. The number of oxime groups is 1. The molecule has 3 aromatic carbocycles. The van der Waals surface area contributed by atoms with Crippen LogP contribution >= 0.6 is 0 Å². The molecule has 0 radical (unpaired) electrons. The van der Waals surface area contributed by atoms with Gasteiger partial charge in [0, 0.05) is 61.6 Å². The summed E-state index contributed by atoms with van der Waals surface area (Å²) in [5.41, 5.74) is 4.80. The normalized spacial score (nSPS) is 22.7. The minimum absolute atomic E-state index is 0.00869. The number of aryl methyl sites for hydroxylation is 1. The molecule has 2 aliphatic carbocycles. The molecule has 4 aromatic rings. The third-order valence-corrected chi connectivity index (χ3v) is 13.4. The fourth-order valence-electron chi connectivity index (χ4n) is 10.3. The largest absolute Gasteiger partial charge is 0.487 e. The van der Waals surface area contributed by atoms with Crippen LogP contribution in [0.15, 0.2) is 114 Å². The zero-order chi connectivity index (χ0) is 49.4. The maximum atomic E-state index is 15.3. The lowest BCUT2D eigenvalue weighted by Gasteiger charge is -2.60. The van der Waals surface area contributed by atoms with Crippen molar-refractivity contribution in [1.82, 2.24) is 9.88 Å². The molecule has 8 rings (SSSR count). The van der Waals surface area contributed by atoms with Gasteiger partial charge in [0.1, 0.15) is 29.7 Å². The highest BCUT2D eigenvalue weighted by atomic mass is 16.7. The molecule has 15 nitrogen and oxygen atoms in total. The molecule has 370 valence electrons. The summed E-state index contributed by atoms with van der Waals surface area (Å²) in [5.74, 6) is -0.355. The van der Waals surface area contributed by atoms with E-state index in [2.05, 4.69) is 23.7 Å². The number of nitrogens with zero attached hydrogens (tertiary/aromatic N) is 4.